The molecule has 2 aromatic carbocycles. The molecule has 0 aliphatic heterocycles. The molecular weight excluding hydrogens is 343 g/mol. The van der Waals surface area contributed by atoms with Gasteiger partial charge in [-0.15, -0.1) is 0 Å². The molecule has 0 aliphatic rings. The van der Waals surface area contributed by atoms with Gasteiger partial charge in [0, 0.05) is 30.5 Å². The number of anilines is 2. The van der Waals surface area contributed by atoms with E-state index in [0.29, 0.717) is 18.1 Å². The summed E-state index contributed by atoms with van der Waals surface area (Å²) in [7, 11) is 0. The van der Waals surface area contributed by atoms with Crippen LogP contribution in [0.2, 0.25) is 0 Å². The minimum Gasteiger partial charge on any atom is -0.347 e. The van der Waals surface area contributed by atoms with Crippen molar-refractivity contribution < 1.29 is 9.18 Å². The highest BCUT2D eigenvalue weighted by molar-refractivity contribution is 5.92. The highest BCUT2D eigenvalue weighted by Gasteiger charge is 2.14. The predicted molar refractivity (Wildman–Crippen MR) is 103 cm³/mol. The van der Waals surface area contributed by atoms with E-state index in [1.807, 2.05) is 43.0 Å². The van der Waals surface area contributed by atoms with Gasteiger partial charge in [-0.2, -0.15) is 0 Å². The van der Waals surface area contributed by atoms with Gasteiger partial charge in [0.15, 0.2) is 0 Å². The Balaban J connectivity index is 1.78. The van der Waals surface area contributed by atoms with Crippen LogP contribution in [-0.4, -0.2) is 22.4 Å². The van der Waals surface area contributed by atoms with Crippen molar-refractivity contribution in [1.82, 2.24) is 15.3 Å². The number of hydrogen-bond donors (Lipinski definition) is 1. The standard InChI is InChI=1S/C21H21FN4O/c1-3-26(17-9-6-7-15(2)13-17)21-23-12-11-19(25-21)20(27)24-14-16-8-4-5-10-18(16)22/h4-13H,3,14H2,1-2H3,(H,24,27). The summed E-state index contributed by atoms with van der Waals surface area (Å²) in [6.45, 7) is 4.77. The Hall–Kier alpha value is -3.28. The van der Waals surface area contributed by atoms with Crippen molar-refractivity contribution in [2.75, 3.05) is 11.4 Å². The van der Waals surface area contributed by atoms with Crippen LogP contribution in [-0.2, 0) is 6.54 Å². The Morgan fingerprint density at radius 3 is 2.70 bits per heavy atom. The molecule has 5 nitrogen and oxygen atoms in total. The first kappa shape index (κ1) is 18.5. The first-order chi connectivity index (χ1) is 13.1. The summed E-state index contributed by atoms with van der Waals surface area (Å²) in [5, 5.41) is 2.70. The summed E-state index contributed by atoms with van der Waals surface area (Å²) in [5.41, 5.74) is 2.75. The van der Waals surface area contributed by atoms with Crippen LogP contribution in [0.25, 0.3) is 0 Å². The minimum absolute atomic E-state index is 0.0974. The zero-order chi connectivity index (χ0) is 19.2. The summed E-state index contributed by atoms with van der Waals surface area (Å²) >= 11 is 0. The number of nitrogens with zero attached hydrogens (tertiary/aromatic N) is 3. The maximum absolute atomic E-state index is 13.7. The number of carbonyl (C=O) groups is 1. The fourth-order valence-electron chi connectivity index (χ4n) is 2.75. The lowest BCUT2D eigenvalue weighted by Gasteiger charge is -2.21. The zero-order valence-electron chi connectivity index (χ0n) is 15.3. The summed E-state index contributed by atoms with van der Waals surface area (Å²) in [6.07, 6.45) is 1.55. The van der Waals surface area contributed by atoms with Gasteiger partial charge < -0.3 is 10.2 Å². The lowest BCUT2D eigenvalue weighted by molar-refractivity contribution is 0.0945. The number of carbonyl (C=O) groups excluding carboxylic acids is 1. The van der Waals surface area contributed by atoms with E-state index >= 15 is 0 Å². The molecule has 0 spiro atoms. The number of hydrogen-bond acceptors (Lipinski definition) is 4. The third-order valence-electron chi connectivity index (χ3n) is 4.14. The van der Waals surface area contributed by atoms with Crippen molar-refractivity contribution >= 4 is 17.5 Å². The van der Waals surface area contributed by atoms with E-state index in [1.165, 1.54) is 6.07 Å². The smallest absolute Gasteiger partial charge is 0.270 e. The molecule has 1 heterocycles. The quantitative estimate of drug-likeness (QED) is 0.718. The van der Waals surface area contributed by atoms with Crippen LogP contribution in [0.3, 0.4) is 0 Å². The van der Waals surface area contributed by atoms with Gasteiger partial charge in [-0.3, -0.25) is 4.79 Å². The van der Waals surface area contributed by atoms with Gasteiger partial charge in [-0.05, 0) is 43.7 Å². The molecule has 27 heavy (non-hydrogen) atoms. The van der Waals surface area contributed by atoms with Crippen LogP contribution >= 0.6 is 0 Å². The Kier molecular flexibility index (Phi) is 5.76. The fraction of sp³-hybridized carbons (Fsp3) is 0.190. The molecule has 0 bridgehead atoms. The molecule has 1 aromatic heterocycles. The van der Waals surface area contributed by atoms with E-state index < -0.39 is 0 Å². The summed E-state index contributed by atoms with van der Waals surface area (Å²) in [5.74, 6) is -0.276. The Labute approximate surface area is 157 Å². The van der Waals surface area contributed by atoms with Gasteiger partial charge >= 0.3 is 0 Å². The number of rotatable bonds is 6. The topological polar surface area (TPSA) is 58.1 Å². The third-order valence-corrected chi connectivity index (χ3v) is 4.14. The Bertz CT molecular complexity index is 945. The third kappa shape index (κ3) is 4.47. The van der Waals surface area contributed by atoms with E-state index in [2.05, 4.69) is 15.3 Å². The molecule has 1 amide bonds. The van der Waals surface area contributed by atoms with E-state index in [-0.39, 0.29) is 24.0 Å². The molecule has 3 aromatic rings. The molecule has 0 aliphatic carbocycles. The van der Waals surface area contributed by atoms with Crippen molar-refractivity contribution in [3.05, 3.63) is 83.4 Å². The summed E-state index contributed by atoms with van der Waals surface area (Å²) in [6, 6.07) is 15.9. The number of halogens is 1. The van der Waals surface area contributed by atoms with E-state index in [4.69, 9.17) is 0 Å². The second kappa shape index (κ2) is 8.40. The lowest BCUT2D eigenvalue weighted by Crippen LogP contribution is -2.26. The molecule has 0 fully saturated rings. The maximum atomic E-state index is 13.7. The average Bonchev–Trinajstić information content (AvgIpc) is 2.68. The molecule has 1 N–H and O–H groups in total. The van der Waals surface area contributed by atoms with Gasteiger partial charge in [0.2, 0.25) is 5.95 Å². The fourth-order valence-corrected chi connectivity index (χ4v) is 2.75. The highest BCUT2D eigenvalue weighted by Crippen LogP contribution is 2.22. The van der Waals surface area contributed by atoms with E-state index in [1.54, 1.807) is 30.5 Å². The molecule has 0 atom stereocenters. The SMILES string of the molecule is CCN(c1cccc(C)c1)c1nccc(C(=O)NCc2ccccc2F)n1. The molecular formula is C21H21FN4O. The summed E-state index contributed by atoms with van der Waals surface area (Å²) in [4.78, 5) is 23.1. The van der Waals surface area contributed by atoms with Gasteiger partial charge in [0.1, 0.15) is 11.5 Å². The van der Waals surface area contributed by atoms with Crippen LogP contribution < -0.4 is 10.2 Å². The van der Waals surface area contributed by atoms with Gasteiger partial charge in [0.05, 0.1) is 0 Å². The predicted octanol–water partition coefficient (Wildman–Crippen LogP) is 4.01. The molecule has 6 heteroatoms. The zero-order valence-corrected chi connectivity index (χ0v) is 15.3. The highest BCUT2D eigenvalue weighted by atomic mass is 19.1. The Morgan fingerprint density at radius 2 is 1.96 bits per heavy atom. The largest absolute Gasteiger partial charge is 0.347 e. The number of aromatic nitrogens is 2. The van der Waals surface area contributed by atoms with Crippen molar-refractivity contribution in [2.24, 2.45) is 0 Å². The molecule has 0 radical (unpaired) electrons. The number of nitrogens with one attached hydrogen (secondary N) is 1. The second-order valence-corrected chi connectivity index (χ2v) is 6.10. The molecule has 0 saturated heterocycles. The van der Waals surface area contributed by atoms with Crippen LogP contribution in [0.5, 0.6) is 0 Å². The van der Waals surface area contributed by atoms with Gasteiger partial charge in [-0.25, -0.2) is 14.4 Å². The minimum atomic E-state index is -0.373. The van der Waals surface area contributed by atoms with Gasteiger partial charge in [0.25, 0.3) is 5.91 Å². The first-order valence-corrected chi connectivity index (χ1v) is 8.77. The molecule has 0 saturated carbocycles. The van der Waals surface area contributed by atoms with Crippen molar-refractivity contribution in [2.45, 2.75) is 20.4 Å². The summed E-state index contributed by atoms with van der Waals surface area (Å²) < 4.78 is 13.7. The van der Waals surface area contributed by atoms with E-state index in [9.17, 15) is 9.18 Å². The maximum Gasteiger partial charge on any atom is 0.270 e. The second-order valence-electron chi connectivity index (χ2n) is 6.10. The molecule has 0 unspecified atom stereocenters. The number of amides is 1. The van der Waals surface area contributed by atoms with E-state index in [0.717, 1.165) is 11.3 Å². The van der Waals surface area contributed by atoms with Gasteiger partial charge in [-0.1, -0.05) is 30.3 Å². The first-order valence-electron chi connectivity index (χ1n) is 8.77. The van der Waals surface area contributed by atoms with Crippen LogP contribution in [0.1, 0.15) is 28.5 Å². The lowest BCUT2D eigenvalue weighted by atomic mass is 10.2. The van der Waals surface area contributed by atoms with Crippen LogP contribution in [0.4, 0.5) is 16.0 Å². The number of aryl methyl sites for hydroxylation is 1. The number of benzene rings is 2. The molecule has 138 valence electrons. The Morgan fingerprint density at radius 1 is 1.15 bits per heavy atom. The van der Waals surface area contributed by atoms with Crippen LogP contribution in [0, 0.1) is 12.7 Å². The molecule has 3 rings (SSSR count). The monoisotopic (exact) mass is 364 g/mol. The van der Waals surface area contributed by atoms with Crippen molar-refractivity contribution in [3.8, 4) is 0 Å². The van der Waals surface area contributed by atoms with Crippen molar-refractivity contribution in [3.63, 3.8) is 0 Å². The normalized spacial score (nSPS) is 10.5. The average molecular weight is 364 g/mol. The van der Waals surface area contributed by atoms with Crippen LogP contribution in [0.15, 0.2) is 60.8 Å². The van der Waals surface area contributed by atoms with Crippen molar-refractivity contribution in [1.29, 1.82) is 0 Å².